The van der Waals surface area contributed by atoms with Gasteiger partial charge in [0.1, 0.15) is 19.0 Å². The van der Waals surface area contributed by atoms with Gasteiger partial charge in [0.15, 0.2) is 0 Å². The molecule has 2 aromatic carbocycles. The number of amides is 2. The van der Waals surface area contributed by atoms with Crippen molar-refractivity contribution in [3.63, 3.8) is 0 Å². The lowest BCUT2D eigenvalue weighted by Crippen LogP contribution is -2.40. The zero-order valence-electron chi connectivity index (χ0n) is 17.5. The quantitative estimate of drug-likeness (QED) is 0.391. The molecule has 0 aromatic heterocycles. The van der Waals surface area contributed by atoms with Crippen LogP contribution in [0.2, 0.25) is 0 Å². The molecule has 190 valence electrons. The van der Waals surface area contributed by atoms with E-state index in [1.807, 2.05) is 0 Å². The van der Waals surface area contributed by atoms with Crippen molar-refractivity contribution in [2.75, 3.05) is 13.1 Å². The molecule has 2 rings (SSSR count). The lowest BCUT2D eigenvalue weighted by atomic mass is 9.95. The second kappa shape index (κ2) is 11.6. The first kappa shape index (κ1) is 28.3. The third-order valence-corrected chi connectivity index (χ3v) is 5.20. The number of nitrogens with one attached hydrogen (secondary N) is 2. The van der Waals surface area contributed by atoms with Gasteiger partial charge >= 0.3 is 12.4 Å². The largest absolute Gasteiger partial charge is 0.405 e. The van der Waals surface area contributed by atoms with Gasteiger partial charge in [-0.05, 0) is 51.3 Å². The number of carbonyl (C=O) groups is 2. The van der Waals surface area contributed by atoms with Gasteiger partial charge in [-0.2, -0.15) is 26.3 Å². The van der Waals surface area contributed by atoms with E-state index in [4.69, 9.17) is 0 Å². The molecule has 1 atom stereocenters. The molecule has 0 aliphatic rings. The maximum absolute atomic E-state index is 13.6. The molecule has 2 aromatic rings. The first-order valence-corrected chi connectivity index (χ1v) is 10.5. The molecule has 0 spiro atoms. The minimum Gasteiger partial charge on any atom is -0.345 e. The van der Waals surface area contributed by atoms with E-state index in [0.717, 1.165) is 30.4 Å². The molecule has 35 heavy (non-hydrogen) atoms. The molecule has 0 fully saturated rings. The minimum absolute atomic E-state index is 0.0238. The standard InChI is InChI=1S/C22H17BrF8N2O2/c23-17-7-12(1-4-15(17)20(35)32-10-19(34)33-11-21(26,27)28)2-5-16(22(29,30)31)13-3-6-18(25)14(8-13)9-24/h1-8,16H,9-11H2,(H,32,35)(H,33,34)/b5-2+. The van der Waals surface area contributed by atoms with Gasteiger partial charge in [0.2, 0.25) is 5.91 Å². The fourth-order valence-corrected chi connectivity index (χ4v) is 3.42. The third kappa shape index (κ3) is 8.64. The van der Waals surface area contributed by atoms with E-state index in [9.17, 15) is 44.7 Å². The summed E-state index contributed by atoms with van der Waals surface area (Å²) < 4.78 is 103. The molecule has 4 nitrogen and oxygen atoms in total. The van der Waals surface area contributed by atoms with Crippen LogP contribution in [-0.2, 0) is 11.5 Å². The molecule has 1 unspecified atom stereocenters. The van der Waals surface area contributed by atoms with Gasteiger partial charge in [0.05, 0.1) is 18.0 Å². The Bertz CT molecular complexity index is 1100. The maximum atomic E-state index is 13.6. The molecule has 2 N–H and O–H groups in total. The molecule has 0 saturated heterocycles. The Labute approximate surface area is 202 Å². The van der Waals surface area contributed by atoms with Crippen molar-refractivity contribution in [3.05, 3.63) is 75.0 Å². The average molecular weight is 573 g/mol. The zero-order valence-corrected chi connectivity index (χ0v) is 19.1. The van der Waals surface area contributed by atoms with Gasteiger partial charge in [0, 0.05) is 10.0 Å². The number of halogens is 9. The summed E-state index contributed by atoms with van der Waals surface area (Å²) in [5, 5.41) is 3.71. The van der Waals surface area contributed by atoms with Crippen molar-refractivity contribution in [1.29, 1.82) is 0 Å². The predicted molar refractivity (Wildman–Crippen MR) is 115 cm³/mol. The Morgan fingerprint density at radius 1 is 1.00 bits per heavy atom. The van der Waals surface area contributed by atoms with E-state index in [0.29, 0.717) is 0 Å². The monoisotopic (exact) mass is 572 g/mol. The lowest BCUT2D eigenvalue weighted by molar-refractivity contribution is -0.139. The van der Waals surface area contributed by atoms with Crippen LogP contribution in [0.25, 0.3) is 6.08 Å². The third-order valence-electron chi connectivity index (χ3n) is 4.54. The molecule has 0 aliphatic carbocycles. The van der Waals surface area contributed by atoms with E-state index in [2.05, 4.69) is 21.2 Å². The van der Waals surface area contributed by atoms with Crippen LogP contribution < -0.4 is 10.6 Å². The van der Waals surface area contributed by atoms with Crippen molar-refractivity contribution >= 4 is 33.8 Å². The van der Waals surface area contributed by atoms with Crippen LogP contribution >= 0.6 is 15.9 Å². The highest BCUT2D eigenvalue weighted by molar-refractivity contribution is 9.10. The first-order chi connectivity index (χ1) is 16.2. The van der Waals surface area contributed by atoms with Crippen molar-refractivity contribution < 1.29 is 44.7 Å². The first-order valence-electron chi connectivity index (χ1n) is 9.71. The van der Waals surface area contributed by atoms with E-state index >= 15 is 0 Å². The van der Waals surface area contributed by atoms with Gasteiger partial charge in [-0.3, -0.25) is 9.59 Å². The molecule has 0 aliphatic heterocycles. The van der Waals surface area contributed by atoms with Crippen molar-refractivity contribution in [1.82, 2.24) is 10.6 Å². The number of allylic oxidation sites excluding steroid dienone is 1. The average Bonchev–Trinajstić information content (AvgIpc) is 2.75. The van der Waals surface area contributed by atoms with Gasteiger partial charge in [0.25, 0.3) is 5.91 Å². The molecule has 0 bridgehead atoms. The van der Waals surface area contributed by atoms with Crippen LogP contribution in [0.15, 0.2) is 46.9 Å². The number of benzene rings is 2. The summed E-state index contributed by atoms with van der Waals surface area (Å²) in [6.07, 6.45) is -7.47. The summed E-state index contributed by atoms with van der Waals surface area (Å²) in [6.45, 7) is -3.55. The predicted octanol–water partition coefficient (Wildman–Crippen LogP) is 5.83. The second-order valence-electron chi connectivity index (χ2n) is 7.18. The van der Waals surface area contributed by atoms with Crippen LogP contribution in [0.3, 0.4) is 0 Å². The highest BCUT2D eigenvalue weighted by Gasteiger charge is 2.39. The Morgan fingerprint density at radius 3 is 2.26 bits per heavy atom. The zero-order chi connectivity index (χ0) is 26.4. The minimum atomic E-state index is -4.76. The molecule has 0 heterocycles. The van der Waals surface area contributed by atoms with Crippen LogP contribution in [-0.4, -0.2) is 37.3 Å². The Balaban J connectivity index is 2.13. The molecule has 0 radical (unpaired) electrons. The molecule has 2 amide bonds. The van der Waals surface area contributed by atoms with E-state index in [-0.39, 0.29) is 21.2 Å². The van der Waals surface area contributed by atoms with Crippen LogP contribution in [0.5, 0.6) is 0 Å². The number of rotatable bonds is 8. The molecule has 13 heteroatoms. The SMILES string of the molecule is O=C(CNC(=O)c1ccc(/C=C/C(c2ccc(F)c(CF)c2)C(F)(F)F)cc1Br)NCC(F)(F)F. The number of hydrogen-bond acceptors (Lipinski definition) is 2. The highest BCUT2D eigenvalue weighted by Crippen LogP contribution is 2.37. The number of carbonyl (C=O) groups excluding carboxylic acids is 2. The molecular formula is C22H17BrF8N2O2. The van der Waals surface area contributed by atoms with Crippen molar-refractivity contribution in [2.45, 2.75) is 24.9 Å². The molecule has 0 saturated carbocycles. The Morgan fingerprint density at radius 2 is 1.69 bits per heavy atom. The molecular weight excluding hydrogens is 556 g/mol. The Hall–Kier alpha value is -2.96. The van der Waals surface area contributed by atoms with Gasteiger partial charge in [-0.1, -0.05) is 24.3 Å². The van der Waals surface area contributed by atoms with Gasteiger partial charge in [-0.15, -0.1) is 0 Å². The second-order valence-corrected chi connectivity index (χ2v) is 8.03. The van der Waals surface area contributed by atoms with Gasteiger partial charge < -0.3 is 10.6 Å². The topological polar surface area (TPSA) is 58.2 Å². The summed E-state index contributed by atoms with van der Waals surface area (Å²) in [4.78, 5) is 23.6. The fourth-order valence-electron chi connectivity index (χ4n) is 2.84. The van der Waals surface area contributed by atoms with E-state index in [1.165, 1.54) is 18.2 Å². The van der Waals surface area contributed by atoms with E-state index < -0.39 is 61.2 Å². The smallest absolute Gasteiger partial charge is 0.345 e. The van der Waals surface area contributed by atoms with Crippen molar-refractivity contribution in [3.8, 4) is 0 Å². The normalized spacial score (nSPS) is 13.1. The van der Waals surface area contributed by atoms with E-state index in [1.54, 1.807) is 5.32 Å². The highest BCUT2D eigenvalue weighted by atomic mass is 79.9. The Kier molecular flexibility index (Phi) is 9.41. The van der Waals surface area contributed by atoms with Gasteiger partial charge in [-0.25, -0.2) is 8.78 Å². The van der Waals surface area contributed by atoms with Crippen LogP contribution in [0, 0.1) is 5.82 Å². The number of hydrogen-bond donors (Lipinski definition) is 2. The summed E-state index contributed by atoms with van der Waals surface area (Å²) in [5.41, 5.74) is -0.653. The lowest BCUT2D eigenvalue weighted by Gasteiger charge is -2.18. The van der Waals surface area contributed by atoms with Crippen LogP contribution in [0.1, 0.15) is 33.0 Å². The summed E-state index contributed by atoms with van der Waals surface area (Å²) in [6, 6.07) is 6.29. The summed E-state index contributed by atoms with van der Waals surface area (Å²) in [7, 11) is 0. The van der Waals surface area contributed by atoms with Crippen molar-refractivity contribution in [2.24, 2.45) is 0 Å². The maximum Gasteiger partial charge on any atom is 0.405 e. The van der Waals surface area contributed by atoms with Crippen LogP contribution in [0.4, 0.5) is 35.1 Å². The summed E-state index contributed by atoms with van der Waals surface area (Å²) >= 11 is 3.08. The number of alkyl halides is 7. The summed E-state index contributed by atoms with van der Waals surface area (Å²) in [5.74, 6) is -5.00. The fraction of sp³-hybridized carbons (Fsp3) is 0.273.